The van der Waals surface area contributed by atoms with Gasteiger partial charge in [0.05, 0.1) is 19.8 Å². The maximum Gasteiger partial charge on any atom is 0.236 e. The Bertz CT molecular complexity index is 376. The number of nitrogens with one attached hydrogen (secondary N) is 1. The molecule has 0 atom stereocenters. The molecule has 1 amide bonds. The first-order valence-electron chi connectivity index (χ1n) is 6.78. The molecule has 120 valence electrons. The van der Waals surface area contributed by atoms with Gasteiger partial charge in [-0.25, -0.2) is 0 Å². The summed E-state index contributed by atoms with van der Waals surface area (Å²) in [5.74, 6) is 0.0713. The first-order chi connectivity index (χ1) is 9.77. The van der Waals surface area contributed by atoms with Gasteiger partial charge in [-0.3, -0.25) is 4.79 Å². The Labute approximate surface area is 133 Å². The van der Waals surface area contributed by atoms with Gasteiger partial charge < -0.3 is 19.7 Å². The molecule has 0 aromatic heterocycles. The van der Waals surface area contributed by atoms with Gasteiger partial charge in [-0.05, 0) is 5.56 Å². The Hall–Kier alpha value is -1.14. The summed E-state index contributed by atoms with van der Waals surface area (Å²) in [5, 5.41) is 3.07. The van der Waals surface area contributed by atoms with E-state index in [0.29, 0.717) is 39.4 Å². The lowest BCUT2D eigenvalue weighted by atomic mass is 10.2. The number of amides is 1. The predicted molar refractivity (Wildman–Crippen MR) is 85.7 cm³/mol. The number of ether oxygens (including phenoxy) is 2. The average molecular weight is 317 g/mol. The van der Waals surface area contributed by atoms with Gasteiger partial charge in [-0.1, -0.05) is 30.3 Å². The summed E-state index contributed by atoms with van der Waals surface area (Å²) < 4.78 is 10.0. The number of nitrogens with zero attached hydrogens (tertiary/aromatic N) is 1. The van der Waals surface area contributed by atoms with Crippen LogP contribution in [0.2, 0.25) is 0 Å². The molecule has 0 saturated carbocycles. The molecule has 5 nitrogen and oxygen atoms in total. The van der Waals surface area contributed by atoms with Gasteiger partial charge in [0.2, 0.25) is 5.91 Å². The number of rotatable bonds is 10. The Kier molecular flexibility index (Phi) is 11.9. The quantitative estimate of drug-likeness (QED) is 0.662. The monoisotopic (exact) mass is 316 g/mol. The van der Waals surface area contributed by atoms with Gasteiger partial charge >= 0.3 is 0 Å². The second-order valence-electron chi connectivity index (χ2n) is 4.46. The first kappa shape index (κ1) is 19.9. The molecule has 1 N–H and O–H groups in total. The average Bonchev–Trinajstić information content (AvgIpc) is 2.48. The van der Waals surface area contributed by atoms with Gasteiger partial charge in [0.25, 0.3) is 0 Å². The van der Waals surface area contributed by atoms with Crippen LogP contribution in [0, 0.1) is 0 Å². The Morgan fingerprint density at radius 2 is 1.81 bits per heavy atom. The summed E-state index contributed by atoms with van der Waals surface area (Å²) in [4.78, 5) is 14.0. The van der Waals surface area contributed by atoms with Crippen molar-refractivity contribution in [1.29, 1.82) is 0 Å². The number of carbonyl (C=O) groups is 1. The van der Waals surface area contributed by atoms with Crippen molar-refractivity contribution >= 4 is 18.3 Å². The third kappa shape index (κ3) is 8.67. The van der Waals surface area contributed by atoms with Gasteiger partial charge in [-0.15, -0.1) is 12.4 Å². The lowest BCUT2D eigenvalue weighted by Crippen LogP contribution is -2.40. The van der Waals surface area contributed by atoms with E-state index in [1.807, 2.05) is 30.3 Å². The van der Waals surface area contributed by atoms with Crippen LogP contribution in [-0.4, -0.2) is 57.9 Å². The van der Waals surface area contributed by atoms with Crippen molar-refractivity contribution < 1.29 is 14.3 Å². The van der Waals surface area contributed by atoms with E-state index in [1.54, 1.807) is 19.1 Å². The second-order valence-corrected chi connectivity index (χ2v) is 4.46. The molecule has 0 aliphatic heterocycles. The molecular formula is C15H25ClN2O3. The van der Waals surface area contributed by atoms with Crippen molar-refractivity contribution in [3.8, 4) is 0 Å². The van der Waals surface area contributed by atoms with E-state index >= 15 is 0 Å². The molecule has 0 fully saturated rings. The van der Waals surface area contributed by atoms with E-state index in [-0.39, 0.29) is 18.3 Å². The molecule has 0 aliphatic carbocycles. The molecule has 1 aromatic rings. The zero-order valence-corrected chi connectivity index (χ0v) is 13.5. The predicted octanol–water partition coefficient (Wildman–Crippen LogP) is 1.32. The van der Waals surface area contributed by atoms with Crippen LogP contribution in [0.25, 0.3) is 0 Å². The maximum atomic E-state index is 12.2. The number of benzene rings is 1. The summed E-state index contributed by atoms with van der Waals surface area (Å²) in [7, 11) is 3.28. The topological polar surface area (TPSA) is 50.8 Å². The Morgan fingerprint density at radius 3 is 2.43 bits per heavy atom. The van der Waals surface area contributed by atoms with Crippen LogP contribution >= 0.6 is 12.4 Å². The van der Waals surface area contributed by atoms with Gasteiger partial charge in [0, 0.05) is 33.9 Å². The minimum Gasteiger partial charge on any atom is -0.383 e. The molecule has 1 aromatic carbocycles. The smallest absolute Gasteiger partial charge is 0.236 e. The zero-order chi connectivity index (χ0) is 14.6. The second kappa shape index (κ2) is 12.6. The molecule has 0 heterocycles. The Morgan fingerprint density at radius 1 is 1.14 bits per heavy atom. The Balaban J connectivity index is 0.00000400. The van der Waals surface area contributed by atoms with Crippen molar-refractivity contribution in [2.45, 2.75) is 6.54 Å². The molecule has 6 heteroatoms. The van der Waals surface area contributed by atoms with Gasteiger partial charge in [0.15, 0.2) is 0 Å². The van der Waals surface area contributed by atoms with Crippen LogP contribution in [0.3, 0.4) is 0 Å². The third-order valence-electron chi connectivity index (χ3n) is 2.89. The lowest BCUT2D eigenvalue weighted by Gasteiger charge is -2.22. The van der Waals surface area contributed by atoms with E-state index in [9.17, 15) is 4.79 Å². The molecule has 0 spiro atoms. The first-order valence-corrected chi connectivity index (χ1v) is 6.78. The van der Waals surface area contributed by atoms with E-state index in [2.05, 4.69) is 5.32 Å². The molecule has 21 heavy (non-hydrogen) atoms. The molecule has 0 unspecified atom stereocenters. The SMILES string of the molecule is COCCNCC(=O)N(CCOC)Cc1ccccc1.Cl. The molecule has 0 bridgehead atoms. The molecule has 0 aliphatic rings. The van der Waals surface area contributed by atoms with Crippen LogP contribution in [0.4, 0.5) is 0 Å². The normalized spacial score (nSPS) is 10.0. The zero-order valence-electron chi connectivity index (χ0n) is 12.7. The van der Waals surface area contributed by atoms with Crippen LogP contribution in [0.15, 0.2) is 30.3 Å². The van der Waals surface area contributed by atoms with E-state index in [0.717, 1.165) is 5.56 Å². The number of hydrogen-bond donors (Lipinski definition) is 1. The van der Waals surface area contributed by atoms with Crippen molar-refractivity contribution in [3.63, 3.8) is 0 Å². The largest absolute Gasteiger partial charge is 0.383 e. The van der Waals surface area contributed by atoms with Crippen molar-refractivity contribution in [1.82, 2.24) is 10.2 Å². The van der Waals surface area contributed by atoms with Crippen molar-refractivity contribution in [3.05, 3.63) is 35.9 Å². The summed E-state index contributed by atoms with van der Waals surface area (Å²) in [6, 6.07) is 9.96. The molecule has 1 rings (SSSR count). The van der Waals surface area contributed by atoms with Crippen LogP contribution in [0.1, 0.15) is 5.56 Å². The molecular weight excluding hydrogens is 292 g/mol. The van der Waals surface area contributed by atoms with Gasteiger partial charge in [-0.2, -0.15) is 0 Å². The highest BCUT2D eigenvalue weighted by atomic mass is 35.5. The number of halogens is 1. The lowest BCUT2D eigenvalue weighted by molar-refractivity contribution is -0.131. The minimum absolute atomic E-state index is 0. The summed E-state index contributed by atoms with van der Waals surface area (Å²) in [6.07, 6.45) is 0. The number of carbonyl (C=O) groups excluding carboxylic acids is 1. The minimum atomic E-state index is 0. The van der Waals surface area contributed by atoms with E-state index in [4.69, 9.17) is 9.47 Å². The number of methoxy groups -OCH3 is 2. The van der Waals surface area contributed by atoms with Crippen LogP contribution in [-0.2, 0) is 20.8 Å². The highest BCUT2D eigenvalue weighted by molar-refractivity contribution is 5.85. The van der Waals surface area contributed by atoms with Crippen molar-refractivity contribution in [2.75, 3.05) is 47.1 Å². The summed E-state index contributed by atoms with van der Waals surface area (Å²) in [6.45, 7) is 3.33. The third-order valence-corrected chi connectivity index (χ3v) is 2.89. The highest BCUT2D eigenvalue weighted by Crippen LogP contribution is 2.04. The fourth-order valence-electron chi connectivity index (χ4n) is 1.78. The highest BCUT2D eigenvalue weighted by Gasteiger charge is 2.13. The van der Waals surface area contributed by atoms with Crippen LogP contribution in [0.5, 0.6) is 0 Å². The standard InChI is InChI=1S/C15H24N2O3.ClH/c1-19-10-8-16-12-15(18)17(9-11-20-2)13-14-6-4-3-5-7-14;/h3-7,16H,8-13H2,1-2H3;1H. The van der Waals surface area contributed by atoms with Gasteiger partial charge in [0.1, 0.15) is 0 Å². The fourth-order valence-corrected chi connectivity index (χ4v) is 1.78. The fraction of sp³-hybridized carbons (Fsp3) is 0.533. The van der Waals surface area contributed by atoms with E-state index in [1.165, 1.54) is 0 Å². The summed E-state index contributed by atoms with van der Waals surface area (Å²) in [5.41, 5.74) is 1.12. The summed E-state index contributed by atoms with van der Waals surface area (Å²) >= 11 is 0. The van der Waals surface area contributed by atoms with Crippen LogP contribution < -0.4 is 5.32 Å². The van der Waals surface area contributed by atoms with Crippen molar-refractivity contribution in [2.24, 2.45) is 0 Å². The number of hydrogen-bond acceptors (Lipinski definition) is 4. The molecule has 0 radical (unpaired) electrons. The van der Waals surface area contributed by atoms with E-state index < -0.39 is 0 Å². The maximum absolute atomic E-state index is 12.2. The molecule has 0 saturated heterocycles.